The van der Waals surface area contributed by atoms with Crippen molar-refractivity contribution in [1.29, 1.82) is 0 Å². The van der Waals surface area contributed by atoms with Gasteiger partial charge < -0.3 is 34.1 Å². The molecule has 1 aromatic heterocycles. The fourth-order valence-electron chi connectivity index (χ4n) is 6.45. The Kier molecular flexibility index (Phi) is 10.1. The molecule has 1 aliphatic carbocycles. The molecule has 3 atom stereocenters. The van der Waals surface area contributed by atoms with Gasteiger partial charge in [0.1, 0.15) is 5.60 Å². The number of carbonyl (C=O) groups is 2. The fourth-order valence-corrected chi connectivity index (χ4v) is 6.45. The SMILES string of the molecule is COCCCOCC1(O)CCCCC1n1cnc(C(=O)N2CCN(C(=O)O)C[C@H]2Cc2ccccc2)c1-c1ccccc1. The molecule has 230 valence electrons. The van der Waals surface area contributed by atoms with Crippen LogP contribution < -0.4 is 0 Å². The highest BCUT2D eigenvalue weighted by Gasteiger charge is 2.43. The molecular formula is C33H42N4O6. The first-order valence-electron chi connectivity index (χ1n) is 15.2. The average molecular weight is 591 g/mol. The maximum Gasteiger partial charge on any atom is 0.407 e. The van der Waals surface area contributed by atoms with E-state index in [1.807, 2.05) is 65.2 Å². The molecule has 1 aliphatic heterocycles. The van der Waals surface area contributed by atoms with Crippen LogP contribution in [-0.2, 0) is 15.9 Å². The first-order chi connectivity index (χ1) is 20.9. The number of piperazine rings is 1. The van der Waals surface area contributed by atoms with Gasteiger partial charge in [0.25, 0.3) is 5.91 Å². The second-order valence-corrected chi connectivity index (χ2v) is 11.5. The summed E-state index contributed by atoms with van der Waals surface area (Å²) in [5, 5.41) is 21.7. The molecule has 3 aromatic rings. The molecule has 2 N–H and O–H groups in total. The lowest BCUT2D eigenvalue weighted by molar-refractivity contribution is -0.100. The Morgan fingerprint density at radius 2 is 1.77 bits per heavy atom. The van der Waals surface area contributed by atoms with Crippen LogP contribution >= 0.6 is 0 Å². The standard InChI is InChI=1S/C33H42N4O6/c1-42-19-10-20-43-23-33(41)16-9-8-15-28(33)37-24-34-29(30(37)26-13-6-3-7-14-26)31(38)36-18-17-35(32(39)40)22-27(36)21-25-11-4-2-5-12-25/h2-7,11-14,24,27-28,41H,8-10,15-23H2,1H3,(H,39,40)/t27-,28?,33?/m1/s1. The van der Waals surface area contributed by atoms with Gasteiger partial charge in [-0.25, -0.2) is 9.78 Å². The van der Waals surface area contributed by atoms with Crippen molar-refractivity contribution in [3.8, 4) is 11.3 Å². The number of imidazole rings is 1. The number of nitrogens with zero attached hydrogens (tertiary/aromatic N) is 4. The Labute approximate surface area is 252 Å². The normalized spacial score (nSPS) is 22.5. The van der Waals surface area contributed by atoms with E-state index >= 15 is 0 Å². The molecule has 43 heavy (non-hydrogen) atoms. The van der Waals surface area contributed by atoms with Gasteiger partial charge in [0.05, 0.1) is 30.7 Å². The van der Waals surface area contributed by atoms with E-state index in [9.17, 15) is 19.8 Å². The number of benzene rings is 2. The summed E-state index contributed by atoms with van der Waals surface area (Å²) in [6.45, 7) is 2.00. The molecule has 1 saturated heterocycles. The largest absolute Gasteiger partial charge is 0.465 e. The van der Waals surface area contributed by atoms with E-state index in [1.54, 1.807) is 18.3 Å². The molecule has 10 nitrogen and oxygen atoms in total. The van der Waals surface area contributed by atoms with Crippen LogP contribution in [0.3, 0.4) is 0 Å². The van der Waals surface area contributed by atoms with Crippen molar-refractivity contribution in [2.24, 2.45) is 0 Å². The summed E-state index contributed by atoms with van der Waals surface area (Å²) in [4.78, 5) is 34.1. The predicted octanol–water partition coefficient (Wildman–Crippen LogP) is 4.50. The smallest absolute Gasteiger partial charge is 0.407 e. The molecule has 5 rings (SSSR count). The molecule has 0 spiro atoms. The number of hydrogen-bond acceptors (Lipinski definition) is 6. The van der Waals surface area contributed by atoms with Crippen LogP contribution in [0.5, 0.6) is 0 Å². The first kappa shape index (κ1) is 30.7. The highest BCUT2D eigenvalue weighted by atomic mass is 16.5. The van der Waals surface area contributed by atoms with E-state index in [0.717, 1.165) is 36.8 Å². The molecule has 0 bridgehead atoms. The molecule has 2 aromatic carbocycles. The summed E-state index contributed by atoms with van der Waals surface area (Å²) in [6, 6.07) is 18.8. The average Bonchev–Trinajstić information content (AvgIpc) is 3.46. The van der Waals surface area contributed by atoms with E-state index in [1.165, 1.54) is 4.90 Å². The van der Waals surface area contributed by atoms with Crippen LogP contribution in [0.2, 0.25) is 0 Å². The van der Waals surface area contributed by atoms with E-state index in [0.29, 0.717) is 37.4 Å². The third kappa shape index (κ3) is 7.09. The Balaban J connectivity index is 1.48. The van der Waals surface area contributed by atoms with Gasteiger partial charge >= 0.3 is 6.09 Å². The zero-order valence-corrected chi connectivity index (χ0v) is 24.8. The van der Waals surface area contributed by atoms with Crippen LogP contribution in [0, 0.1) is 0 Å². The molecule has 0 radical (unpaired) electrons. The minimum absolute atomic E-state index is 0.188. The lowest BCUT2D eigenvalue weighted by Crippen LogP contribution is -2.57. The van der Waals surface area contributed by atoms with Crippen LogP contribution in [0.1, 0.15) is 54.2 Å². The van der Waals surface area contributed by atoms with Crippen LogP contribution in [-0.4, -0.2) is 99.8 Å². The Morgan fingerprint density at radius 1 is 1.02 bits per heavy atom. The second kappa shape index (κ2) is 14.2. The number of ether oxygens (including phenoxy) is 2. The minimum Gasteiger partial charge on any atom is -0.465 e. The first-order valence-corrected chi connectivity index (χ1v) is 15.2. The molecule has 2 aliphatic rings. The predicted molar refractivity (Wildman–Crippen MR) is 162 cm³/mol. The zero-order valence-electron chi connectivity index (χ0n) is 24.8. The zero-order chi connectivity index (χ0) is 30.2. The Bertz CT molecular complexity index is 1350. The topological polar surface area (TPSA) is 117 Å². The van der Waals surface area contributed by atoms with Gasteiger partial charge in [0.2, 0.25) is 0 Å². The second-order valence-electron chi connectivity index (χ2n) is 11.5. The number of aromatic nitrogens is 2. The monoisotopic (exact) mass is 590 g/mol. The van der Waals surface area contributed by atoms with E-state index in [-0.39, 0.29) is 44.2 Å². The molecule has 2 fully saturated rings. The quantitative estimate of drug-likeness (QED) is 0.316. The molecule has 2 amide bonds. The van der Waals surface area contributed by atoms with Crippen LogP contribution in [0.15, 0.2) is 67.0 Å². The van der Waals surface area contributed by atoms with Gasteiger partial charge in [-0.15, -0.1) is 0 Å². The van der Waals surface area contributed by atoms with Crippen molar-refractivity contribution in [2.45, 2.75) is 56.2 Å². The number of aliphatic hydroxyl groups is 1. The number of carbonyl (C=O) groups excluding carboxylic acids is 1. The van der Waals surface area contributed by atoms with Gasteiger partial charge in [-0.3, -0.25) is 4.79 Å². The third-order valence-electron chi connectivity index (χ3n) is 8.65. The summed E-state index contributed by atoms with van der Waals surface area (Å²) in [5.41, 5.74) is 1.72. The van der Waals surface area contributed by atoms with Crippen LogP contribution in [0.4, 0.5) is 4.79 Å². The molecular weight excluding hydrogens is 548 g/mol. The Hall–Kier alpha value is -3.73. The van der Waals surface area contributed by atoms with Crippen molar-refractivity contribution < 1.29 is 29.3 Å². The van der Waals surface area contributed by atoms with E-state index < -0.39 is 11.7 Å². The van der Waals surface area contributed by atoms with E-state index in [4.69, 9.17) is 14.5 Å². The summed E-state index contributed by atoms with van der Waals surface area (Å²) < 4.78 is 13.0. The van der Waals surface area contributed by atoms with Gasteiger partial charge in [0.15, 0.2) is 5.69 Å². The van der Waals surface area contributed by atoms with Crippen molar-refractivity contribution in [2.75, 3.05) is 46.6 Å². The maximum absolute atomic E-state index is 14.4. The lowest BCUT2D eigenvalue weighted by Gasteiger charge is -2.41. The van der Waals surface area contributed by atoms with Gasteiger partial charge in [0, 0.05) is 45.5 Å². The Morgan fingerprint density at radius 3 is 2.49 bits per heavy atom. The molecule has 1 saturated carbocycles. The third-order valence-corrected chi connectivity index (χ3v) is 8.65. The lowest BCUT2D eigenvalue weighted by atomic mass is 9.80. The fraction of sp³-hybridized carbons (Fsp3) is 0.485. The number of amides is 2. The number of carboxylic acid groups (broad SMARTS) is 1. The van der Waals surface area contributed by atoms with Crippen molar-refractivity contribution in [3.63, 3.8) is 0 Å². The summed E-state index contributed by atoms with van der Waals surface area (Å²) in [5.74, 6) is -0.237. The van der Waals surface area contributed by atoms with Crippen molar-refractivity contribution in [3.05, 3.63) is 78.2 Å². The van der Waals surface area contributed by atoms with Crippen LogP contribution in [0.25, 0.3) is 11.3 Å². The minimum atomic E-state index is -1.11. The summed E-state index contributed by atoms with van der Waals surface area (Å²) in [6.07, 6.45) is 5.13. The van der Waals surface area contributed by atoms with E-state index in [2.05, 4.69) is 0 Å². The molecule has 2 heterocycles. The summed E-state index contributed by atoms with van der Waals surface area (Å²) >= 11 is 0. The number of rotatable bonds is 11. The van der Waals surface area contributed by atoms with Crippen molar-refractivity contribution in [1.82, 2.24) is 19.4 Å². The van der Waals surface area contributed by atoms with Gasteiger partial charge in [-0.2, -0.15) is 0 Å². The molecule has 2 unspecified atom stereocenters. The molecule has 10 heteroatoms. The number of hydrogen-bond donors (Lipinski definition) is 2. The van der Waals surface area contributed by atoms with Crippen molar-refractivity contribution >= 4 is 12.0 Å². The van der Waals surface area contributed by atoms with Gasteiger partial charge in [-0.1, -0.05) is 73.5 Å². The van der Waals surface area contributed by atoms with Gasteiger partial charge in [-0.05, 0) is 31.2 Å². The summed E-state index contributed by atoms with van der Waals surface area (Å²) in [7, 11) is 1.66. The maximum atomic E-state index is 14.4. The highest BCUT2D eigenvalue weighted by Crippen LogP contribution is 2.41. The number of methoxy groups -OCH3 is 1. The highest BCUT2D eigenvalue weighted by molar-refractivity contribution is 5.98.